The van der Waals surface area contributed by atoms with Gasteiger partial charge in [-0.2, -0.15) is 13.2 Å². The van der Waals surface area contributed by atoms with E-state index in [1.54, 1.807) is 12.1 Å². The van der Waals surface area contributed by atoms with E-state index in [0.717, 1.165) is 30.5 Å². The lowest BCUT2D eigenvalue weighted by Gasteiger charge is -2.32. The molecule has 0 aromatic heterocycles. The van der Waals surface area contributed by atoms with Crippen LogP contribution in [0.4, 0.5) is 13.2 Å². The van der Waals surface area contributed by atoms with Crippen molar-refractivity contribution in [3.63, 3.8) is 0 Å². The molecule has 1 aliphatic heterocycles. The van der Waals surface area contributed by atoms with Gasteiger partial charge >= 0.3 is 6.18 Å². The second kappa shape index (κ2) is 7.15. The van der Waals surface area contributed by atoms with Gasteiger partial charge in [-0.3, -0.25) is 4.79 Å². The lowest BCUT2D eigenvalue weighted by Crippen LogP contribution is -2.39. The zero-order valence-corrected chi connectivity index (χ0v) is 15.3. The minimum Gasteiger partial charge on any atom is -0.508 e. The molecule has 6 heteroatoms. The molecule has 2 aromatic carbocycles. The number of piperidine rings is 1. The van der Waals surface area contributed by atoms with E-state index in [9.17, 15) is 23.1 Å². The van der Waals surface area contributed by atoms with Gasteiger partial charge in [0.05, 0.1) is 5.56 Å². The number of aromatic hydroxyl groups is 1. The summed E-state index contributed by atoms with van der Waals surface area (Å²) in [6, 6.07) is 12.4. The fourth-order valence-electron chi connectivity index (χ4n) is 4.17. The van der Waals surface area contributed by atoms with Crippen molar-refractivity contribution in [3.05, 3.63) is 65.2 Å². The van der Waals surface area contributed by atoms with Gasteiger partial charge in [-0.1, -0.05) is 24.3 Å². The van der Waals surface area contributed by atoms with Crippen LogP contribution < -0.4 is 0 Å². The third-order valence-corrected chi connectivity index (χ3v) is 5.94. The predicted octanol–water partition coefficient (Wildman–Crippen LogP) is 4.92. The molecule has 0 radical (unpaired) electrons. The summed E-state index contributed by atoms with van der Waals surface area (Å²) in [6.45, 7) is 1.39. The number of benzene rings is 2. The number of nitrogens with zero attached hydrogens (tertiary/aromatic N) is 1. The van der Waals surface area contributed by atoms with Gasteiger partial charge in [0.1, 0.15) is 5.75 Å². The minimum atomic E-state index is -4.33. The molecule has 1 N–H and O–H groups in total. The summed E-state index contributed by atoms with van der Waals surface area (Å²) in [4.78, 5) is 14.7. The Kier molecular flexibility index (Phi) is 4.81. The Labute approximate surface area is 161 Å². The van der Waals surface area contributed by atoms with Crippen molar-refractivity contribution in [2.24, 2.45) is 5.92 Å². The minimum absolute atomic E-state index is 0.0320. The third-order valence-electron chi connectivity index (χ3n) is 5.94. The third kappa shape index (κ3) is 3.86. The van der Waals surface area contributed by atoms with Crippen LogP contribution in [0.2, 0.25) is 0 Å². The lowest BCUT2D eigenvalue weighted by molar-refractivity contribution is -0.137. The monoisotopic (exact) mass is 389 g/mol. The van der Waals surface area contributed by atoms with Crippen LogP contribution in [0.25, 0.3) is 0 Å². The molecule has 2 atom stereocenters. The average Bonchev–Trinajstić information content (AvgIpc) is 3.48. The summed E-state index contributed by atoms with van der Waals surface area (Å²) >= 11 is 0. The Hall–Kier alpha value is -2.50. The van der Waals surface area contributed by atoms with Crippen molar-refractivity contribution in [2.75, 3.05) is 13.1 Å². The quantitative estimate of drug-likeness (QED) is 0.809. The number of hydrogen-bond acceptors (Lipinski definition) is 2. The van der Waals surface area contributed by atoms with Gasteiger partial charge in [0.15, 0.2) is 0 Å². The number of phenolic OH excluding ortho intramolecular Hbond substituents is 1. The summed E-state index contributed by atoms with van der Waals surface area (Å²) in [5.74, 6) is 0.676. The van der Waals surface area contributed by atoms with E-state index >= 15 is 0 Å². The smallest absolute Gasteiger partial charge is 0.416 e. The molecule has 1 saturated carbocycles. The molecule has 1 heterocycles. The molecule has 0 bridgehead atoms. The van der Waals surface area contributed by atoms with E-state index < -0.39 is 11.7 Å². The first-order valence-corrected chi connectivity index (χ1v) is 9.58. The standard InChI is InChI=1S/C22H22F3NO2/c23-22(24,25)17-5-1-16(2-6-17)19-13-20(19)21(28)26-11-9-15(10-12-26)14-3-7-18(27)8-4-14/h1-8,15,19-20,27H,9-13H2. The zero-order valence-electron chi connectivity index (χ0n) is 15.3. The molecule has 4 rings (SSSR count). The molecule has 28 heavy (non-hydrogen) atoms. The molecule has 2 aromatic rings. The first kappa shape index (κ1) is 18.8. The van der Waals surface area contributed by atoms with Gasteiger partial charge in [0.2, 0.25) is 5.91 Å². The van der Waals surface area contributed by atoms with E-state index in [2.05, 4.69) is 0 Å². The Balaban J connectivity index is 1.32. The van der Waals surface area contributed by atoms with Crippen molar-refractivity contribution >= 4 is 5.91 Å². The molecule has 2 fully saturated rings. The topological polar surface area (TPSA) is 40.5 Å². The van der Waals surface area contributed by atoms with Crippen LogP contribution in [0.5, 0.6) is 5.75 Å². The van der Waals surface area contributed by atoms with Crippen molar-refractivity contribution in [3.8, 4) is 5.75 Å². The number of alkyl halides is 3. The van der Waals surface area contributed by atoms with Gasteiger partial charge in [0, 0.05) is 19.0 Å². The summed E-state index contributed by atoms with van der Waals surface area (Å²) in [5, 5.41) is 9.40. The van der Waals surface area contributed by atoms with Crippen LogP contribution in [0, 0.1) is 5.92 Å². The van der Waals surface area contributed by atoms with Crippen molar-refractivity contribution in [1.82, 2.24) is 4.90 Å². The maximum atomic E-state index is 12.8. The van der Waals surface area contributed by atoms with E-state index in [4.69, 9.17) is 0 Å². The highest BCUT2D eigenvalue weighted by atomic mass is 19.4. The fraction of sp³-hybridized carbons (Fsp3) is 0.409. The molecule has 1 saturated heterocycles. The van der Waals surface area contributed by atoms with Crippen LogP contribution in [0.1, 0.15) is 47.8 Å². The highest BCUT2D eigenvalue weighted by Crippen LogP contribution is 2.49. The predicted molar refractivity (Wildman–Crippen MR) is 99.0 cm³/mol. The normalized spacial score (nSPS) is 22.9. The number of likely N-dealkylation sites (tertiary alicyclic amines) is 1. The molecule has 3 nitrogen and oxygen atoms in total. The van der Waals surface area contributed by atoms with Crippen LogP contribution >= 0.6 is 0 Å². The van der Waals surface area contributed by atoms with Crippen LogP contribution in [0.15, 0.2) is 48.5 Å². The first-order valence-electron chi connectivity index (χ1n) is 9.58. The molecular weight excluding hydrogens is 367 g/mol. The van der Waals surface area contributed by atoms with Crippen molar-refractivity contribution in [2.45, 2.75) is 37.3 Å². The Morgan fingerprint density at radius 2 is 1.50 bits per heavy atom. The lowest BCUT2D eigenvalue weighted by atomic mass is 9.89. The number of hydrogen-bond donors (Lipinski definition) is 1. The average molecular weight is 389 g/mol. The van der Waals surface area contributed by atoms with Gasteiger partial charge in [-0.25, -0.2) is 0 Å². The molecule has 1 amide bonds. The molecular formula is C22H22F3NO2. The summed E-state index contributed by atoms with van der Waals surface area (Å²) in [7, 11) is 0. The maximum absolute atomic E-state index is 12.8. The second-order valence-electron chi connectivity index (χ2n) is 7.76. The number of phenols is 1. The highest BCUT2D eigenvalue weighted by molar-refractivity contribution is 5.83. The first-order chi connectivity index (χ1) is 13.3. The van der Waals surface area contributed by atoms with Gasteiger partial charge in [0.25, 0.3) is 0 Å². The Morgan fingerprint density at radius 1 is 0.929 bits per heavy atom. The number of carbonyl (C=O) groups is 1. The zero-order chi connectivity index (χ0) is 19.9. The molecule has 2 unspecified atom stereocenters. The molecule has 148 valence electrons. The SMILES string of the molecule is O=C(C1CC1c1ccc(C(F)(F)F)cc1)N1CCC(c2ccc(O)cc2)CC1. The van der Waals surface area contributed by atoms with Crippen molar-refractivity contribution in [1.29, 1.82) is 0 Å². The number of amides is 1. The van der Waals surface area contributed by atoms with E-state index in [0.29, 0.717) is 25.4 Å². The fourth-order valence-corrected chi connectivity index (χ4v) is 4.17. The van der Waals surface area contributed by atoms with E-state index in [-0.39, 0.29) is 23.5 Å². The number of carbonyl (C=O) groups excluding carboxylic acids is 1. The van der Waals surface area contributed by atoms with Gasteiger partial charge < -0.3 is 10.0 Å². The van der Waals surface area contributed by atoms with E-state index in [1.807, 2.05) is 17.0 Å². The van der Waals surface area contributed by atoms with Crippen LogP contribution in [-0.4, -0.2) is 29.0 Å². The van der Waals surface area contributed by atoms with E-state index in [1.165, 1.54) is 17.7 Å². The number of rotatable bonds is 3. The van der Waals surface area contributed by atoms with Crippen LogP contribution in [0.3, 0.4) is 0 Å². The Bertz CT molecular complexity index is 838. The van der Waals surface area contributed by atoms with Crippen molar-refractivity contribution < 1.29 is 23.1 Å². The Morgan fingerprint density at radius 3 is 2.07 bits per heavy atom. The van der Waals surface area contributed by atoms with Gasteiger partial charge in [-0.15, -0.1) is 0 Å². The van der Waals surface area contributed by atoms with Crippen LogP contribution in [-0.2, 0) is 11.0 Å². The second-order valence-corrected chi connectivity index (χ2v) is 7.76. The largest absolute Gasteiger partial charge is 0.508 e. The van der Waals surface area contributed by atoms with Gasteiger partial charge in [-0.05, 0) is 66.5 Å². The summed E-state index contributed by atoms with van der Waals surface area (Å²) in [6.07, 6.45) is -1.86. The summed E-state index contributed by atoms with van der Waals surface area (Å²) < 4.78 is 38.1. The summed E-state index contributed by atoms with van der Waals surface area (Å²) in [5.41, 5.74) is 1.33. The highest BCUT2D eigenvalue weighted by Gasteiger charge is 2.46. The molecule has 2 aliphatic rings. The maximum Gasteiger partial charge on any atom is 0.416 e. The molecule has 1 aliphatic carbocycles. The molecule has 0 spiro atoms. The number of halogens is 3.